The highest BCUT2D eigenvalue weighted by Gasteiger charge is 2.45. The molecule has 1 amide bonds. The maximum atomic E-state index is 13.0. The first-order valence-corrected chi connectivity index (χ1v) is 10.6. The minimum absolute atomic E-state index is 0.0393. The molecule has 7 heteroatoms. The number of furan rings is 2. The maximum Gasteiger partial charge on any atom is 0.309 e. The SMILES string of the molecule is O=C(OCC(=O)N1N=C2C(=Cc3ccco3)CCCC2C1c1ccco1)C1CCC1. The van der Waals surface area contributed by atoms with Crippen molar-refractivity contribution in [3.05, 3.63) is 53.9 Å². The van der Waals surface area contributed by atoms with Crippen LogP contribution < -0.4 is 0 Å². The Bertz CT molecular complexity index is 969. The Morgan fingerprint density at radius 2 is 1.97 bits per heavy atom. The third kappa shape index (κ3) is 3.49. The Labute approximate surface area is 174 Å². The normalized spacial score (nSPS) is 25.0. The van der Waals surface area contributed by atoms with Gasteiger partial charge >= 0.3 is 5.97 Å². The van der Waals surface area contributed by atoms with Crippen molar-refractivity contribution in [2.45, 2.75) is 44.6 Å². The second kappa shape index (κ2) is 7.97. The second-order valence-electron chi connectivity index (χ2n) is 8.10. The minimum atomic E-state index is -0.330. The first-order valence-electron chi connectivity index (χ1n) is 10.6. The predicted molar refractivity (Wildman–Crippen MR) is 108 cm³/mol. The summed E-state index contributed by atoms with van der Waals surface area (Å²) in [6, 6.07) is 7.11. The number of hydrogen-bond donors (Lipinski definition) is 0. The fourth-order valence-corrected chi connectivity index (χ4v) is 4.45. The van der Waals surface area contributed by atoms with E-state index in [4.69, 9.17) is 18.7 Å². The molecule has 5 rings (SSSR count). The van der Waals surface area contributed by atoms with Gasteiger partial charge in [-0.15, -0.1) is 0 Å². The van der Waals surface area contributed by atoms with Gasteiger partial charge in [0.1, 0.15) is 17.6 Å². The number of ether oxygens (including phenoxy) is 1. The summed E-state index contributed by atoms with van der Waals surface area (Å²) in [5.74, 6) is 0.820. The standard InChI is InChI=1S/C23H24N2O5/c26-20(14-30-23(27)15-5-1-6-15)25-22(19-10-4-12-29-19)18-9-2-7-16(21(18)24-25)13-17-8-3-11-28-17/h3-4,8,10-13,15,18,22H,1-2,5-7,9,14H2. The molecule has 156 valence electrons. The Balaban J connectivity index is 1.40. The quantitative estimate of drug-likeness (QED) is 0.687. The number of allylic oxidation sites excluding steroid dienone is 1. The van der Waals surface area contributed by atoms with Gasteiger partial charge in [0.15, 0.2) is 6.61 Å². The molecule has 0 radical (unpaired) electrons. The summed E-state index contributed by atoms with van der Waals surface area (Å²) in [6.45, 7) is -0.298. The zero-order valence-electron chi connectivity index (χ0n) is 16.7. The van der Waals surface area contributed by atoms with Crippen LogP contribution in [-0.2, 0) is 14.3 Å². The molecule has 2 aromatic heterocycles. The summed E-state index contributed by atoms with van der Waals surface area (Å²) in [7, 11) is 0. The molecule has 30 heavy (non-hydrogen) atoms. The largest absolute Gasteiger partial charge is 0.467 e. The zero-order valence-corrected chi connectivity index (χ0v) is 16.7. The Kier molecular flexibility index (Phi) is 5.02. The van der Waals surface area contributed by atoms with Gasteiger partial charge in [-0.25, -0.2) is 5.01 Å². The molecule has 1 aliphatic heterocycles. The maximum absolute atomic E-state index is 13.0. The summed E-state index contributed by atoms with van der Waals surface area (Å²) in [5.41, 5.74) is 1.96. The van der Waals surface area contributed by atoms with E-state index in [2.05, 4.69) is 0 Å². The predicted octanol–water partition coefficient (Wildman–Crippen LogP) is 4.34. The molecule has 0 spiro atoms. The van der Waals surface area contributed by atoms with E-state index in [1.807, 2.05) is 30.3 Å². The van der Waals surface area contributed by atoms with Crippen LogP contribution in [0.4, 0.5) is 0 Å². The first-order chi connectivity index (χ1) is 14.7. The number of carbonyl (C=O) groups is 2. The Morgan fingerprint density at radius 1 is 1.13 bits per heavy atom. The van der Waals surface area contributed by atoms with Gasteiger partial charge in [0.2, 0.25) is 0 Å². The van der Waals surface area contributed by atoms with Gasteiger partial charge in [-0.05, 0) is 68.0 Å². The van der Waals surface area contributed by atoms with Gasteiger partial charge < -0.3 is 13.6 Å². The van der Waals surface area contributed by atoms with Crippen LogP contribution in [0.1, 0.15) is 56.1 Å². The van der Waals surface area contributed by atoms with Crippen LogP contribution >= 0.6 is 0 Å². The second-order valence-corrected chi connectivity index (χ2v) is 8.10. The smallest absolute Gasteiger partial charge is 0.309 e. The van der Waals surface area contributed by atoms with Crippen molar-refractivity contribution in [2.24, 2.45) is 16.9 Å². The number of carbonyl (C=O) groups excluding carboxylic acids is 2. The lowest BCUT2D eigenvalue weighted by Gasteiger charge is -2.28. The van der Waals surface area contributed by atoms with Crippen molar-refractivity contribution in [1.82, 2.24) is 5.01 Å². The first kappa shape index (κ1) is 18.9. The summed E-state index contributed by atoms with van der Waals surface area (Å²) < 4.78 is 16.4. The number of amides is 1. The van der Waals surface area contributed by atoms with Gasteiger partial charge in [-0.3, -0.25) is 9.59 Å². The average molecular weight is 408 g/mol. The van der Waals surface area contributed by atoms with Crippen molar-refractivity contribution >= 4 is 23.7 Å². The topological polar surface area (TPSA) is 85.3 Å². The van der Waals surface area contributed by atoms with Gasteiger partial charge in [0.25, 0.3) is 5.91 Å². The summed E-state index contributed by atoms with van der Waals surface area (Å²) in [5, 5.41) is 6.16. The number of esters is 1. The number of hydrogen-bond acceptors (Lipinski definition) is 6. The number of nitrogens with zero attached hydrogens (tertiary/aromatic N) is 2. The molecule has 2 fully saturated rings. The van der Waals surface area contributed by atoms with Crippen LogP contribution in [0.25, 0.3) is 6.08 Å². The fourth-order valence-electron chi connectivity index (χ4n) is 4.45. The van der Waals surface area contributed by atoms with E-state index in [0.29, 0.717) is 5.76 Å². The van der Waals surface area contributed by atoms with Crippen LogP contribution in [0.5, 0.6) is 0 Å². The van der Waals surface area contributed by atoms with Gasteiger partial charge in [0, 0.05) is 5.92 Å². The molecule has 3 heterocycles. The molecule has 2 unspecified atom stereocenters. The van der Waals surface area contributed by atoms with Crippen LogP contribution in [0.2, 0.25) is 0 Å². The molecule has 2 aliphatic carbocycles. The molecular formula is C23H24N2O5. The zero-order chi connectivity index (χ0) is 20.5. The van der Waals surface area contributed by atoms with Crippen LogP contribution in [0.3, 0.4) is 0 Å². The summed E-state index contributed by atoms with van der Waals surface area (Å²) >= 11 is 0. The van der Waals surface area contributed by atoms with Crippen molar-refractivity contribution < 1.29 is 23.2 Å². The Hall–Kier alpha value is -3.09. The molecule has 2 saturated carbocycles. The monoisotopic (exact) mass is 408 g/mol. The molecule has 3 aliphatic rings. The van der Waals surface area contributed by atoms with Crippen molar-refractivity contribution in [2.75, 3.05) is 6.61 Å². The van der Waals surface area contributed by atoms with E-state index >= 15 is 0 Å². The fraction of sp³-hybridized carbons (Fsp3) is 0.435. The highest BCUT2D eigenvalue weighted by molar-refractivity contribution is 6.08. The number of rotatable bonds is 5. The molecule has 0 N–H and O–H groups in total. The molecule has 0 saturated heterocycles. The van der Waals surface area contributed by atoms with E-state index in [1.54, 1.807) is 12.5 Å². The summed E-state index contributed by atoms with van der Waals surface area (Å²) in [4.78, 5) is 25.1. The van der Waals surface area contributed by atoms with E-state index < -0.39 is 0 Å². The highest BCUT2D eigenvalue weighted by Crippen LogP contribution is 2.44. The van der Waals surface area contributed by atoms with Crippen molar-refractivity contribution in [3.8, 4) is 0 Å². The van der Waals surface area contributed by atoms with Gasteiger partial charge in [-0.1, -0.05) is 6.42 Å². The van der Waals surface area contributed by atoms with Crippen LogP contribution in [0.15, 0.2) is 56.3 Å². The summed E-state index contributed by atoms with van der Waals surface area (Å²) in [6.07, 6.45) is 10.7. The van der Waals surface area contributed by atoms with E-state index in [-0.39, 0.29) is 36.4 Å². The molecule has 0 aromatic carbocycles. The van der Waals surface area contributed by atoms with E-state index in [1.165, 1.54) is 5.01 Å². The molecule has 2 atom stereocenters. The number of fused-ring (bicyclic) bond motifs is 1. The molecule has 2 aromatic rings. The lowest BCUT2D eigenvalue weighted by atomic mass is 9.79. The van der Waals surface area contributed by atoms with Gasteiger partial charge in [-0.2, -0.15) is 5.10 Å². The molecular weight excluding hydrogens is 384 g/mol. The van der Waals surface area contributed by atoms with Crippen molar-refractivity contribution in [3.63, 3.8) is 0 Å². The van der Waals surface area contributed by atoms with Gasteiger partial charge in [0.05, 0.1) is 24.2 Å². The molecule has 7 nitrogen and oxygen atoms in total. The third-order valence-electron chi connectivity index (χ3n) is 6.23. The Morgan fingerprint density at radius 3 is 2.67 bits per heavy atom. The van der Waals surface area contributed by atoms with Crippen molar-refractivity contribution in [1.29, 1.82) is 0 Å². The molecule has 0 bridgehead atoms. The lowest BCUT2D eigenvalue weighted by Crippen LogP contribution is -2.35. The number of hydrazone groups is 1. The third-order valence-corrected chi connectivity index (χ3v) is 6.23. The lowest BCUT2D eigenvalue weighted by molar-refractivity contribution is -0.158. The van der Waals surface area contributed by atoms with Crippen LogP contribution in [-0.4, -0.2) is 29.2 Å². The van der Waals surface area contributed by atoms with Crippen LogP contribution in [0, 0.1) is 11.8 Å². The average Bonchev–Trinajstić information content (AvgIpc) is 3.44. The minimum Gasteiger partial charge on any atom is -0.467 e. The van der Waals surface area contributed by atoms with E-state index in [0.717, 1.165) is 55.6 Å². The highest BCUT2D eigenvalue weighted by atomic mass is 16.5. The van der Waals surface area contributed by atoms with E-state index in [9.17, 15) is 9.59 Å².